The van der Waals surface area contributed by atoms with Gasteiger partial charge in [-0.3, -0.25) is 14.4 Å². The zero-order valence-corrected chi connectivity index (χ0v) is 30.7. The van der Waals surface area contributed by atoms with Gasteiger partial charge in [0.05, 0.1) is 24.1 Å². The summed E-state index contributed by atoms with van der Waals surface area (Å²) in [4.78, 5) is 61.7. The van der Waals surface area contributed by atoms with Crippen molar-refractivity contribution in [2.75, 3.05) is 6.61 Å². The van der Waals surface area contributed by atoms with Crippen LogP contribution in [0.3, 0.4) is 0 Å². The molecule has 2 aromatic carbocycles. The average Bonchev–Trinajstić information content (AvgIpc) is 3.78. The number of hydrogen-bond donors (Lipinski definition) is 4. The van der Waals surface area contributed by atoms with E-state index in [2.05, 4.69) is 31.1 Å². The van der Waals surface area contributed by atoms with Gasteiger partial charge in [-0.25, -0.2) is 9.18 Å². The van der Waals surface area contributed by atoms with Crippen LogP contribution in [0.1, 0.15) is 98.8 Å². The highest BCUT2D eigenvalue weighted by Crippen LogP contribution is 2.40. The quantitative estimate of drug-likeness (QED) is 0.0911. The van der Waals surface area contributed by atoms with Crippen molar-refractivity contribution in [2.24, 2.45) is 11.8 Å². The zero-order valence-electron chi connectivity index (χ0n) is 30.7. The number of alkyl halides is 3. The second-order valence-corrected chi connectivity index (χ2v) is 13.8. The van der Waals surface area contributed by atoms with Gasteiger partial charge in [-0.15, -0.1) is 0 Å². The smallest absolute Gasteiger partial charge is 0.418 e. The molecule has 0 spiro atoms. The number of nitrogens with zero attached hydrogens (tertiary/aromatic N) is 2. The van der Waals surface area contributed by atoms with Gasteiger partial charge in [0, 0.05) is 17.5 Å². The van der Waals surface area contributed by atoms with E-state index in [0.29, 0.717) is 24.1 Å². The third kappa shape index (κ3) is 8.42. The number of nitrogens with one attached hydrogen (secondary N) is 4. The molecule has 16 heteroatoms. The molecule has 4 N–H and O–H groups in total. The van der Waals surface area contributed by atoms with Gasteiger partial charge in [0.1, 0.15) is 23.4 Å². The molecule has 54 heavy (non-hydrogen) atoms. The zero-order chi connectivity index (χ0) is 39.4. The number of hydrogen-bond acceptors (Lipinski definition) is 8. The first-order valence-corrected chi connectivity index (χ1v) is 18.0. The van der Waals surface area contributed by atoms with Crippen molar-refractivity contribution in [3.05, 3.63) is 82.4 Å². The highest BCUT2D eigenvalue weighted by Gasteiger charge is 2.47. The van der Waals surface area contributed by atoms with Crippen molar-refractivity contribution in [3.63, 3.8) is 0 Å². The minimum absolute atomic E-state index is 0.0344. The summed E-state index contributed by atoms with van der Waals surface area (Å²) < 4.78 is 66.9. The number of fused-ring (bicyclic) bond motifs is 3. The number of ether oxygens (including phenoxy) is 1. The minimum Gasteiger partial charge on any atom is -0.460 e. The SMILES string of the molecule is CCOC(=O)c1noc(C(NC(=O)[C@@]2(NC(=O)C(NC(=O)Cc3ccccc3F)C(C)CC)CCc3[nH]c4c(C(F)(F)F)cccc4c3C2)[C@@H](C)CC)n1. The molecule has 0 saturated heterocycles. The van der Waals surface area contributed by atoms with Crippen LogP contribution < -0.4 is 16.0 Å². The van der Waals surface area contributed by atoms with E-state index in [1.54, 1.807) is 19.9 Å². The van der Waals surface area contributed by atoms with Crippen molar-refractivity contribution >= 4 is 34.6 Å². The second-order valence-electron chi connectivity index (χ2n) is 13.8. The van der Waals surface area contributed by atoms with Crippen molar-refractivity contribution in [1.29, 1.82) is 0 Å². The Morgan fingerprint density at radius 2 is 1.72 bits per heavy atom. The van der Waals surface area contributed by atoms with Gasteiger partial charge >= 0.3 is 12.1 Å². The number of rotatable bonds is 14. The Morgan fingerprint density at radius 1 is 1.00 bits per heavy atom. The number of amides is 3. The summed E-state index contributed by atoms with van der Waals surface area (Å²) in [6.07, 6.45) is -4.19. The summed E-state index contributed by atoms with van der Waals surface area (Å²) >= 11 is 0. The molecule has 3 unspecified atom stereocenters. The second kappa shape index (κ2) is 16.4. The van der Waals surface area contributed by atoms with Crippen LogP contribution in [0, 0.1) is 17.7 Å². The van der Waals surface area contributed by atoms with Crippen molar-refractivity contribution in [1.82, 2.24) is 31.1 Å². The monoisotopic (exact) mass is 756 g/mol. The Hall–Kier alpha value is -5.28. The molecule has 1 aliphatic rings. The van der Waals surface area contributed by atoms with E-state index in [0.717, 1.165) is 6.07 Å². The molecule has 0 radical (unpaired) electrons. The van der Waals surface area contributed by atoms with Crippen molar-refractivity contribution in [3.8, 4) is 0 Å². The number of H-pyrrole nitrogens is 1. The summed E-state index contributed by atoms with van der Waals surface area (Å²) in [5.74, 6) is -4.62. The van der Waals surface area contributed by atoms with Crippen LogP contribution in [0.4, 0.5) is 17.6 Å². The summed E-state index contributed by atoms with van der Waals surface area (Å²) in [6, 6.07) is 7.45. The Labute approximate surface area is 309 Å². The molecular weight excluding hydrogens is 712 g/mol. The summed E-state index contributed by atoms with van der Waals surface area (Å²) in [5, 5.41) is 12.5. The highest BCUT2D eigenvalue weighted by atomic mass is 19.4. The Morgan fingerprint density at radius 3 is 2.39 bits per heavy atom. The number of carbonyl (C=O) groups excluding carboxylic acids is 4. The summed E-state index contributed by atoms with van der Waals surface area (Å²) in [7, 11) is 0. The van der Waals surface area contributed by atoms with Gasteiger partial charge in [0.2, 0.25) is 23.6 Å². The molecule has 4 aromatic rings. The van der Waals surface area contributed by atoms with Crippen LogP contribution in [0.15, 0.2) is 47.0 Å². The highest BCUT2D eigenvalue weighted by molar-refractivity contribution is 5.97. The molecule has 0 fully saturated rings. The van der Waals surface area contributed by atoms with Gasteiger partial charge in [0.15, 0.2) is 0 Å². The van der Waals surface area contributed by atoms with Gasteiger partial charge in [-0.2, -0.15) is 18.2 Å². The van der Waals surface area contributed by atoms with Crippen LogP contribution in [-0.2, 0) is 44.6 Å². The topological polar surface area (TPSA) is 168 Å². The Bertz CT molecular complexity index is 2010. The molecule has 12 nitrogen and oxygen atoms in total. The molecule has 3 amide bonds. The molecule has 5 atom stereocenters. The standard InChI is InChI=1S/C38H44F4N6O6/c1-6-20(4)29(44-28(49)18-22-12-9-10-15-26(22)39)33(50)47-37(17-16-27-24(19-37)23-13-11-14-25(31(23)43-27)38(40,41)42)36(52)45-30(21(5)7-2)34-46-32(48-54-34)35(51)53-8-3/h9-15,20-21,29-30,43H,6-8,16-19H2,1-5H3,(H,44,49)(H,45,52)(H,47,50)/t20?,21-,29?,30?,37+/m0/s1. The van der Waals surface area contributed by atoms with Gasteiger partial charge in [0.25, 0.3) is 5.82 Å². The fourth-order valence-electron chi connectivity index (χ4n) is 6.72. The number of benzene rings is 2. The van der Waals surface area contributed by atoms with E-state index in [4.69, 9.17) is 9.26 Å². The third-order valence-electron chi connectivity index (χ3n) is 10.2. The van der Waals surface area contributed by atoms with Crippen LogP contribution in [-0.4, -0.2) is 57.0 Å². The number of carbonyl (C=O) groups is 4. The predicted molar refractivity (Wildman–Crippen MR) is 188 cm³/mol. The van der Waals surface area contributed by atoms with E-state index < -0.39 is 64.8 Å². The fourth-order valence-corrected chi connectivity index (χ4v) is 6.72. The molecule has 290 valence electrons. The maximum absolute atomic E-state index is 14.7. The van der Waals surface area contributed by atoms with Crippen molar-refractivity contribution in [2.45, 2.75) is 96.9 Å². The van der Waals surface area contributed by atoms with Crippen LogP contribution in [0.25, 0.3) is 10.9 Å². The first-order valence-electron chi connectivity index (χ1n) is 18.0. The number of aryl methyl sites for hydroxylation is 1. The number of halogens is 4. The first kappa shape index (κ1) is 39.9. The molecule has 2 heterocycles. The summed E-state index contributed by atoms with van der Waals surface area (Å²) in [6.45, 7) is 8.92. The normalized spacial score (nSPS) is 17.9. The molecule has 1 aliphatic carbocycles. The molecule has 5 rings (SSSR count). The van der Waals surface area contributed by atoms with Gasteiger partial charge < -0.3 is 30.2 Å². The summed E-state index contributed by atoms with van der Waals surface area (Å²) in [5.41, 5.74) is -1.70. The molecule has 2 aromatic heterocycles. The lowest BCUT2D eigenvalue weighted by Gasteiger charge is -2.39. The number of aromatic nitrogens is 3. The maximum atomic E-state index is 14.7. The van der Waals surface area contributed by atoms with Gasteiger partial charge in [-0.1, -0.05) is 70.9 Å². The number of para-hydroxylation sites is 1. The lowest BCUT2D eigenvalue weighted by atomic mass is 9.78. The van der Waals surface area contributed by atoms with E-state index in [1.165, 1.54) is 30.3 Å². The number of aromatic amines is 1. The molecule has 0 aliphatic heterocycles. The maximum Gasteiger partial charge on any atom is 0.418 e. The molecule has 0 bridgehead atoms. The Kier molecular flexibility index (Phi) is 12.1. The third-order valence-corrected chi connectivity index (χ3v) is 10.2. The largest absolute Gasteiger partial charge is 0.460 e. The molecule has 0 saturated carbocycles. The lowest BCUT2D eigenvalue weighted by molar-refractivity contribution is -0.137. The first-order chi connectivity index (χ1) is 25.6. The number of esters is 1. The van der Waals surface area contributed by atoms with E-state index in [1.807, 2.05) is 20.8 Å². The minimum atomic E-state index is -4.66. The lowest BCUT2D eigenvalue weighted by Crippen LogP contribution is -2.65. The van der Waals surface area contributed by atoms with Crippen molar-refractivity contribution < 1.29 is 46.0 Å². The van der Waals surface area contributed by atoms with Crippen LogP contribution >= 0.6 is 0 Å². The van der Waals surface area contributed by atoms with Crippen LogP contribution in [0.5, 0.6) is 0 Å². The van der Waals surface area contributed by atoms with Gasteiger partial charge in [-0.05, 0) is 60.0 Å². The molecular formula is C38H44F4N6O6. The fraction of sp³-hybridized carbons (Fsp3) is 0.474. The van der Waals surface area contributed by atoms with E-state index >= 15 is 0 Å². The predicted octanol–water partition coefficient (Wildman–Crippen LogP) is 5.91. The Balaban J connectivity index is 1.53. The van der Waals surface area contributed by atoms with E-state index in [-0.39, 0.29) is 66.4 Å². The van der Waals surface area contributed by atoms with Crippen LogP contribution in [0.2, 0.25) is 0 Å². The average molecular weight is 757 g/mol. The van der Waals surface area contributed by atoms with E-state index in [9.17, 15) is 36.7 Å².